The average Bonchev–Trinajstić information content (AvgIpc) is 1.31. The Hall–Kier alpha value is 1.11. The van der Waals surface area contributed by atoms with Crippen molar-refractivity contribution in [2.24, 2.45) is 5.73 Å². The van der Waals surface area contributed by atoms with Gasteiger partial charge in [0, 0.05) is 0 Å². The summed E-state index contributed by atoms with van der Waals surface area (Å²) in [6, 6.07) is 0. The van der Waals surface area contributed by atoms with E-state index >= 15 is 0 Å². The summed E-state index contributed by atoms with van der Waals surface area (Å²) >= 11 is 0. The molecule has 0 rings (SSSR count). The zero-order valence-corrected chi connectivity index (χ0v) is 7.80. The monoisotopic (exact) mass is 149 g/mol. The van der Waals surface area contributed by atoms with Gasteiger partial charge in [-0.3, -0.25) is 4.57 Å². The second-order valence-corrected chi connectivity index (χ2v) is 3.32. The molecule has 0 aromatic rings. The van der Waals surface area contributed by atoms with Crippen LogP contribution in [0.1, 0.15) is 8.35 Å². The summed E-state index contributed by atoms with van der Waals surface area (Å²) in [4.78, 5) is 16.2. The third-order valence-corrected chi connectivity index (χ3v) is 1.59. The molecule has 46 valence electrons. The molecule has 0 saturated heterocycles. The molecule has 0 heterocycles. The van der Waals surface area contributed by atoms with E-state index in [1.807, 2.05) is 0 Å². The number of hydrogen-bond acceptors (Lipinski definition) is 2. The molecule has 8 heavy (non-hydrogen) atoms. The van der Waals surface area contributed by atoms with E-state index in [4.69, 9.17) is 15.5 Å². The molecule has 4 nitrogen and oxygen atoms in total. The molecule has 0 radical (unpaired) electrons. The molecule has 1 atom stereocenters. The van der Waals surface area contributed by atoms with Gasteiger partial charge < -0.3 is 16.9 Å². The molecule has 0 aromatic carbocycles. The van der Waals surface area contributed by atoms with E-state index < -0.39 is 13.4 Å². The molecule has 0 saturated carbocycles. The Kier molecular flexibility index (Phi) is 5.94. The third-order valence-electron chi connectivity index (χ3n) is 0.531. The summed E-state index contributed by atoms with van der Waals surface area (Å²) in [5.74, 6) is -1.03. The van der Waals surface area contributed by atoms with Crippen LogP contribution >= 0.6 is 7.60 Å². The van der Waals surface area contributed by atoms with Crippen molar-refractivity contribution in [2.45, 2.75) is 12.7 Å². The van der Waals surface area contributed by atoms with Gasteiger partial charge in [0.1, 0.15) is 5.78 Å². The van der Waals surface area contributed by atoms with Crippen molar-refractivity contribution in [3.8, 4) is 0 Å². The van der Waals surface area contributed by atoms with Crippen molar-refractivity contribution >= 4 is 7.60 Å². The SMILES string of the molecule is CC(N)P(=O)(O)O.[H-].[Na+]. The predicted molar refractivity (Wildman–Crippen MR) is 26.8 cm³/mol. The molecule has 6 heteroatoms. The summed E-state index contributed by atoms with van der Waals surface area (Å²) in [7, 11) is -3.96. The van der Waals surface area contributed by atoms with Crippen molar-refractivity contribution in [1.29, 1.82) is 0 Å². The summed E-state index contributed by atoms with van der Waals surface area (Å²) in [5, 5.41) is 0. The predicted octanol–water partition coefficient (Wildman–Crippen LogP) is -3.41. The number of hydrogen-bond donors (Lipinski definition) is 3. The van der Waals surface area contributed by atoms with Gasteiger partial charge in [-0.25, -0.2) is 0 Å². The minimum Gasteiger partial charge on any atom is -1.00 e. The van der Waals surface area contributed by atoms with Gasteiger partial charge in [-0.1, -0.05) is 0 Å². The van der Waals surface area contributed by atoms with Gasteiger partial charge in [-0.15, -0.1) is 0 Å². The van der Waals surface area contributed by atoms with E-state index in [1.54, 1.807) is 0 Å². The van der Waals surface area contributed by atoms with Gasteiger partial charge in [0.25, 0.3) is 0 Å². The molecule has 4 N–H and O–H groups in total. The van der Waals surface area contributed by atoms with Gasteiger partial charge >= 0.3 is 37.2 Å². The molecule has 0 aliphatic carbocycles. The molecule has 0 spiro atoms. The second kappa shape index (κ2) is 4.01. The Balaban J connectivity index is -0.000000180. The van der Waals surface area contributed by atoms with Gasteiger partial charge in [0.15, 0.2) is 0 Å². The van der Waals surface area contributed by atoms with Gasteiger partial charge in [-0.2, -0.15) is 0 Å². The first-order valence-electron chi connectivity index (χ1n) is 1.75. The largest absolute Gasteiger partial charge is 1.00 e. The summed E-state index contributed by atoms with van der Waals surface area (Å²) in [6.45, 7) is 1.26. The Bertz CT molecular complexity index is 104. The van der Waals surface area contributed by atoms with Crippen molar-refractivity contribution in [3.05, 3.63) is 0 Å². The van der Waals surface area contributed by atoms with Crippen molar-refractivity contribution in [3.63, 3.8) is 0 Å². The fourth-order valence-electron chi connectivity index (χ4n) is 0. The van der Waals surface area contributed by atoms with E-state index in [2.05, 4.69) is 0 Å². The molecule has 0 bridgehead atoms. The third kappa shape index (κ3) is 5.25. The Labute approximate surface area is 71.4 Å². The van der Waals surface area contributed by atoms with Crippen LogP contribution < -0.4 is 35.3 Å². The van der Waals surface area contributed by atoms with Crippen molar-refractivity contribution in [2.75, 3.05) is 0 Å². The van der Waals surface area contributed by atoms with Crippen LogP contribution in [-0.2, 0) is 4.57 Å². The first kappa shape index (κ1) is 11.9. The number of rotatable bonds is 1. The maximum absolute atomic E-state index is 9.90. The van der Waals surface area contributed by atoms with Crippen LogP contribution in [0.4, 0.5) is 0 Å². The minimum absolute atomic E-state index is 0. The van der Waals surface area contributed by atoms with Crippen LogP contribution in [0.25, 0.3) is 0 Å². The molecular weight excluding hydrogens is 140 g/mol. The molecular formula is C2H9NNaO3P. The van der Waals surface area contributed by atoms with Crippen LogP contribution in [0.15, 0.2) is 0 Å². The number of nitrogens with two attached hydrogens (primary N) is 1. The minimum atomic E-state index is -3.96. The zero-order valence-electron chi connectivity index (χ0n) is 5.90. The van der Waals surface area contributed by atoms with E-state index in [0.717, 1.165) is 0 Å². The molecule has 0 fully saturated rings. The van der Waals surface area contributed by atoms with Crippen LogP contribution in [0, 0.1) is 0 Å². The molecule has 0 aliphatic heterocycles. The Morgan fingerprint density at radius 2 is 1.88 bits per heavy atom. The first-order chi connectivity index (χ1) is 2.94. The van der Waals surface area contributed by atoms with Crippen LogP contribution in [0.3, 0.4) is 0 Å². The summed E-state index contributed by atoms with van der Waals surface area (Å²) in [5.41, 5.74) is 4.81. The zero-order chi connectivity index (χ0) is 6.08. The summed E-state index contributed by atoms with van der Waals surface area (Å²) < 4.78 is 9.90. The Morgan fingerprint density at radius 1 is 1.75 bits per heavy atom. The maximum atomic E-state index is 9.90. The van der Waals surface area contributed by atoms with Gasteiger partial charge in [0.05, 0.1) is 0 Å². The van der Waals surface area contributed by atoms with Crippen molar-refractivity contribution in [1.82, 2.24) is 0 Å². The maximum Gasteiger partial charge on any atom is 1.00 e. The van der Waals surface area contributed by atoms with E-state index in [9.17, 15) is 4.57 Å². The smallest absolute Gasteiger partial charge is 1.00 e. The van der Waals surface area contributed by atoms with E-state index in [0.29, 0.717) is 0 Å². The Morgan fingerprint density at radius 3 is 1.88 bits per heavy atom. The molecule has 1 unspecified atom stereocenters. The fraction of sp³-hybridized carbons (Fsp3) is 1.00. The van der Waals surface area contributed by atoms with E-state index in [1.165, 1.54) is 6.92 Å². The van der Waals surface area contributed by atoms with Crippen molar-refractivity contribution < 1.29 is 45.3 Å². The van der Waals surface area contributed by atoms with Gasteiger partial charge in [-0.05, 0) is 6.92 Å². The second-order valence-electron chi connectivity index (χ2n) is 1.33. The average molecular weight is 149 g/mol. The molecule has 0 amide bonds. The summed E-state index contributed by atoms with van der Waals surface area (Å²) in [6.07, 6.45) is 0. The van der Waals surface area contributed by atoms with Gasteiger partial charge in [0.2, 0.25) is 0 Å². The molecule has 0 aliphatic rings. The van der Waals surface area contributed by atoms with Crippen LogP contribution in [-0.4, -0.2) is 15.6 Å². The van der Waals surface area contributed by atoms with E-state index in [-0.39, 0.29) is 31.0 Å². The quantitative estimate of drug-likeness (QED) is 0.268. The van der Waals surface area contributed by atoms with Crippen LogP contribution in [0.2, 0.25) is 0 Å². The topological polar surface area (TPSA) is 83.6 Å². The normalized spacial score (nSPS) is 14.5. The fourth-order valence-corrected chi connectivity index (χ4v) is 0. The standard InChI is InChI=1S/C2H8NO3P.Na.H/c1-2(3)7(4,5)6;;/h2H,3H2,1H3,(H2,4,5,6);;/q;+1;-1. The van der Waals surface area contributed by atoms with Crippen LogP contribution in [0.5, 0.6) is 0 Å². The molecule has 0 aromatic heterocycles. The first-order valence-corrected chi connectivity index (χ1v) is 3.43.